The van der Waals surface area contributed by atoms with E-state index in [2.05, 4.69) is 16.4 Å². The molecular weight excluding hydrogens is 278 g/mol. The van der Waals surface area contributed by atoms with Crippen molar-refractivity contribution < 1.29 is 4.79 Å². The lowest BCUT2D eigenvalue weighted by Crippen LogP contribution is -2.44. The van der Waals surface area contributed by atoms with Crippen LogP contribution in [-0.2, 0) is 11.3 Å². The highest BCUT2D eigenvalue weighted by molar-refractivity contribution is 5.78. The molecule has 118 valence electrons. The van der Waals surface area contributed by atoms with Crippen molar-refractivity contribution in [1.82, 2.24) is 24.5 Å². The number of aromatic nitrogens is 4. The Balaban J connectivity index is 1.62. The Kier molecular flexibility index (Phi) is 4.27. The van der Waals surface area contributed by atoms with Crippen molar-refractivity contribution in [2.45, 2.75) is 39.3 Å². The van der Waals surface area contributed by atoms with E-state index >= 15 is 0 Å². The maximum Gasteiger partial charge on any atom is 0.227 e. The lowest BCUT2D eigenvalue weighted by molar-refractivity contribution is -0.137. The molecule has 6 nitrogen and oxygen atoms in total. The summed E-state index contributed by atoms with van der Waals surface area (Å²) in [7, 11) is 0. The number of likely N-dealkylation sites (tertiary alicyclic amines) is 1. The van der Waals surface area contributed by atoms with Gasteiger partial charge in [-0.3, -0.25) is 14.2 Å². The molecule has 1 aliphatic heterocycles. The van der Waals surface area contributed by atoms with Crippen LogP contribution in [0.15, 0.2) is 30.9 Å². The van der Waals surface area contributed by atoms with Gasteiger partial charge >= 0.3 is 0 Å². The van der Waals surface area contributed by atoms with Gasteiger partial charge in [-0.1, -0.05) is 6.92 Å². The minimum absolute atomic E-state index is 0.0574. The number of amides is 1. The van der Waals surface area contributed by atoms with Gasteiger partial charge in [0.05, 0.1) is 24.7 Å². The Bertz CT molecular complexity index is 618. The van der Waals surface area contributed by atoms with E-state index in [1.807, 2.05) is 46.6 Å². The number of carbonyl (C=O) groups is 1. The van der Waals surface area contributed by atoms with Gasteiger partial charge in [0.15, 0.2) is 0 Å². The summed E-state index contributed by atoms with van der Waals surface area (Å²) in [5.41, 5.74) is 1.16. The Labute approximate surface area is 130 Å². The zero-order chi connectivity index (χ0) is 15.5. The van der Waals surface area contributed by atoms with Crippen LogP contribution in [0, 0.1) is 12.8 Å². The maximum absolute atomic E-state index is 12.7. The minimum atomic E-state index is -0.0574. The number of rotatable bonds is 4. The summed E-state index contributed by atoms with van der Waals surface area (Å²) >= 11 is 0. The van der Waals surface area contributed by atoms with Crippen LogP contribution in [0.3, 0.4) is 0 Å². The van der Waals surface area contributed by atoms with Crippen molar-refractivity contribution >= 4 is 5.91 Å². The fourth-order valence-corrected chi connectivity index (χ4v) is 3.08. The molecule has 1 fully saturated rings. The molecule has 2 aromatic heterocycles. The molecule has 1 aliphatic rings. The molecule has 2 aromatic rings. The predicted octanol–water partition coefficient (Wildman–Crippen LogP) is 1.89. The fraction of sp³-hybridized carbons (Fsp3) is 0.562. The molecule has 0 bridgehead atoms. The molecule has 0 N–H and O–H groups in total. The predicted molar refractivity (Wildman–Crippen MR) is 83.2 cm³/mol. The molecule has 6 heteroatoms. The van der Waals surface area contributed by atoms with Gasteiger partial charge < -0.3 is 4.90 Å². The Morgan fingerprint density at radius 3 is 3.00 bits per heavy atom. The van der Waals surface area contributed by atoms with Crippen LogP contribution in [0.1, 0.15) is 31.4 Å². The smallest absolute Gasteiger partial charge is 0.227 e. The lowest BCUT2D eigenvalue weighted by atomic mass is 10.0. The second-order valence-corrected chi connectivity index (χ2v) is 6.21. The lowest BCUT2D eigenvalue weighted by Gasteiger charge is -2.34. The molecule has 0 aliphatic carbocycles. The van der Waals surface area contributed by atoms with Crippen LogP contribution in [0.25, 0.3) is 0 Å². The number of carbonyl (C=O) groups excluding carboxylic acids is 1. The molecule has 0 spiro atoms. The van der Waals surface area contributed by atoms with E-state index in [-0.39, 0.29) is 11.8 Å². The van der Waals surface area contributed by atoms with Crippen molar-refractivity contribution in [3.05, 3.63) is 36.4 Å². The standard InChI is InChI=1S/C16H23N5O/c1-13-9-18-21(10-13)15-5-3-7-19(12-15)16(22)14(2)11-20-8-4-6-17-20/h4,6,8-10,14-15H,3,5,7,11-12H2,1-2H3/t14-,15-/m0/s1. The highest BCUT2D eigenvalue weighted by Crippen LogP contribution is 2.22. The number of hydrogen-bond acceptors (Lipinski definition) is 3. The van der Waals surface area contributed by atoms with Gasteiger partial charge in [0.2, 0.25) is 5.91 Å². The van der Waals surface area contributed by atoms with Crippen LogP contribution in [0.2, 0.25) is 0 Å². The van der Waals surface area contributed by atoms with E-state index in [9.17, 15) is 4.79 Å². The van der Waals surface area contributed by atoms with Crippen molar-refractivity contribution in [3.63, 3.8) is 0 Å². The first-order valence-corrected chi connectivity index (χ1v) is 7.90. The monoisotopic (exact) mass is 301 g/mol. The van der Waals surface area contributed by atoms with Gasteiger partial charge in [-0.15, -0.1) is 0 Å². The largest absolute Gasteiger partial charge is 0.340 e. The molecule has 0 aromatic carbocycles. The van der Waals surface area contributed by atoms with E-state index < -0.39 is 0 Å². The second-order valence-electron chi connectivity index (χ2n) is 6.21. The van der Waals surface area contributed by atoms with E-state index in [1.54, 1.807) is 6.20 Å². The summed E-state index contributed by atoms with van der Waals surface area (Å²) in [6.07, 6.45) is 9.69. The SMILES string of the molecule is Cc1cnn([C@H]2CCCN(C(=O)[C@@H](C)Cn3cccn3)C2)c1. The van der Waals surface area contributed by atoms with Crippen molar-refractivity contribution in [2.24, 2.45) is 5.92 Å². The molecule has 0 saturated carbocycles. The first-order chi connectivity index (χ1) is 10.6. The highest BCUT2D eigenvalue weighted by atomic mass is 16.2. The van der Waals surface area contributed by atoms with Crippen LogP contribution in [0.5, 0.6) is 0 Å². The summed E-state index contributed by atoms with van der Waals surface area (Å²) in [5.74, 6) is 0.155. The highest BCUT2D eigenvalue weighted by Gasteiger charge is 2.28. The molecule has 3 heterocycles. The summed E-state index contributed by atoms with van der Waals surface area (Å²) < 4.78 is 3.83. The number of aryl methyl sites for hydroxylation is 1. The first kappa shape index (κ1) is 14.8. The molecular formula is C16H23N5O. The number of piperidine rings is 1. The summed E-state index contributed by atoms with van der Waals surface area (Å²) in [4.78, 5) is 14.6. The molecule has 2 atom stereocenters. The third-order valence-electron chi connectivity index (χ3n) is 4.25. The fourth-order valence-electron chi connectivity index (χ4n) is 3.08. The first-order valence-electron chi connectivity index (χ1n) is 7.90. The third kappa shape index (κ3) is 3.21. The van der Waals surface area contributed by atoms with Crippen molar-refractivity contribution in [2.75, 3.05) is 13.1 Å². The van der Waals surface area contributed by atoms with Gasteiger partial charge in [0.1, 0.15) is 0 Å². The summed E-state index contributed by atoms with van der Waals surface area (Å²) in [6, 6.07) is 2.18. The summed E-state index contributed by atoms with van der Waals surface area (Å²) in [5, 5.41) is 8.58. The maximum atomic E-state index is 12.7. The molecule has 0 radical (unpaired) electrons. The summed E-state index contributed by atoms with van der Waals surface area (Å²) in [6.45, 7) is 6.25. The minimum Gasteiger partial charge on any atom is -0.340 e. The second kappa shape index (κ2) is 6.34. The Morgan fingerprint density at radius 1 is 1.45 bits per heavy atom. The van der Waals surface area contributed by atoms with E-state index in [0.717, 1.165) is 31.5 Å². The quantitative estimate of drug-likeness (QED) is 0.866. The van der Waals surface area contributed by atoms with Gasteiger partial charge in [0.25, 0.3) is 0 Å². The van der Waals surface area contributed by atoms with E-state index in [4.69, 9.17) is 0 Å². The Hall–Kier alpha value is -2.11. The third-order valence-corrected chi connectivity index (χ3v) is 4.25. The van der Waals surface area contributed by atoms with Crippen LogP contribution in [-0.4, -0.2) is 43.5 Å². The average molecular weight is 301 g/mol. The molecule has 22 heavy (non-hydrogen) atoms. The molecule has 3 rings (SSSR count). The van der Waals surface area contributed by atoms with E-state index in [0.29, 0.717) is 12.6 Å². The van der Waals surface area contributed by atoms with Gasteiger partial charge in [0, 0.05) is 31.7 Å². The number of nitrogens with zero attached hydrogens (tertiary/aromatic N) is 5. The van der Waals surface area contributed by atoms with Crippen molar-refractivity contribution in [3.8, 4) is 0 Å². The zero-order valence-corrected chi connectivity index (χ0v) is 13.2. The molecule has 0 unspecified atom stereocenters. The number of hydrogen-bond donors (Lipinski definition) is 0. The average Bonchev–Trinajstić information content (AvgIpc) is 3.18. The molecule has 1 saturated heterocycles. The van der Waals surface area contributed by atoms with Crippen molar-refractivity contribution in [1.29, 1.82) is 0 Å². The van der Waals surface area contributed by atoms with Crippen LogP contribution >= 0.6 is 0 Å². The molecule has 1 amide bonds. The van der Waals surface area contributed by atoms with Gasteiger partial charge in [-0.2, -0.15) is 10.2 Å². The topological polar surface area (TPSA) is 56.0 Å². The van der Waals surface area contributed by atoms with Crippen LogP contribution in [0.4, 0.5) is 0 Å². The van der Waals surface area contributed by atoms with E-state index in [1.165, 1.54) is 0 Å². The van der Waals surface area contributed by atoms with Crippen LogP contribution < -0.4 is 0 Å². The normalized spacial score (nSPS) is 20.1. The zero-order valence-electron chi connectivity index (χ0n) is 13.2. The van der Waals surface area contributed by atoms with Gasteiger partial charge in [-0.05, 0) is 31.4 Å². The Morgan fingerprint density at radius 2 is 2.32 bits per heavy atom. The van der Waals surface area contributed by atoms with Gasteiger partial charge in [-0.25, -0.2) is 0 Å².